The summed E-state index contributed by atoms with van der Waals surface area (Å²) in [5.41, 5.74) is 0.470. The van der Waals surface area contributed by atoms with Gasteiger partial charge >= 0.3 is 0 Å². The molecular weight excluding hydrogens is 148 g/mol. The van der Waals surface area contributed by atoms with Crippen LogP contribution in [0.5, 0.6) is 0 Å². The van der Waals surface area contributed by atoms with E-state index in [2.05, 4.69) is 24.2 Å². The van der Waals surface area contributed by atoms with E-state index >= 15 is 0 Å². The highest BCUT2D eigenvalue weighted by Crippen LogP contribution is 2.30. The largest absolute Gasteiger partial charge is 0.376 e. The predicted molar refractivity (Wildman–Crippen MR) is 53.6 cm³/mol. The van der Waals surface area contributed by atoms with Gasteiger partial charge in [-0.2, -0.15) is 0 Å². The molecule has 1 rings (SSSR count). The smallest absolute Gasteiger partial charge is 0.0824 e. The summed E-state index contributed by atoms with van der Waals surface area (Å²) in [7, 11) is 0. The summed E-state index contributed by atoms with van der Waals surface area (Å²) >= 11 is 0. The molecule has 0 radical (unpaired) electrons. The minimum absolute atomic E-state index is 0.470. The van der Waals surface area contributed by atoms with Gasteiger partial charge < -0.3 is 5.32 Å². The molecule has 0 bridgehead atoms. The van der Waals surface area contributed by atoms with Crippen LogP contribution < -0.4 is 5.32 Å². The van der Waals surface area contributed by atoms with Gasteiger partial charge in [0, 0.05) is 18.5 Å². The highest BCUT2D eigenvalue weighted by Gasteiger charge is 2.28. The lowest BCUT2D eigenvalue weighted by atomic mass is 9.78. The second-order valence-electron chi connectivity index (χ2n) is 3.85. The van der Waals surface area contributed by atoms with Crippen molar-refractivity contribution in [2.24, 2.45) is 10.4 Å². The van der Waals surface area contributed by atoms with Crippen LogP contribution in [0.4, 0.5) is 0 Å². The Hall–Kier alpha value is -0.530. The van der Waals surface area contributed by atoms with Crippen LogP contribution in [0.3, 0.4) is 0 Å². The molecule has 0 unspecified atom stereocenters. The molecule has 1 N–H and O–H groups in total. The molecule has 70 valence electrons. The van der Waals surface area contributed by atoms with Crippen molar-refractivity contribution in [3.63, 3.8) is 0 Å². The highest BCUT2D eigenvalue weighted by atomic mass is 15.0. The van der Waals surface area contributed by atoms with E-state index in [9.17, 15) is 0 Å². The van der Waals surface area contributed by atoms with E-state index in [0.717, 1.165) is 13.1 Å². The number of hydrogen-bond donors (Lipinski definition) is 1. The molecule has 2 nitrogen and oxygen atoms in total. The van der Waals surface area contributed by atoms with Gasteiger partial charge in [-0.1, -0.05) is 26.7 Å². The maximum Gasteiger partial charge on any atom is 0.0824 e. The lowest BCUT2D eigenvalue weighted by Gasteiger charge is -2.34. The van der Waals surface area contributed by atoms with Crippen LogP contribution in [0, 0.1) is 5.41 Å². The monoisotopic (exact) mass is 168 g/mol. The topological polar surface area (TPSA) is 24.4 Å². The Bertz CT molecular complexity index is 146. The predicted octanol–water partition coefficient (Wildman–Crippen LogP) is 2.20. The molecule has 0 saturated heterocycles. The van der Waals surface area contributed by atoms with Crippen LogP contribution in [0.1, 0.15) is 39.5 Å². The minimum Gasteiger partial charge on any atom is -0.376 e. The van der Waals surface area contributed by atoms with Gasteiger partial charge in [-0.05, 0) is 12.8 Å². The maximum atomic E-state index is 4.33. The molecule has 0 aromatic rings. The molecule has 1 aliphatic heterocycles. The van der Waals surface area contributed by atoms with Crippen molar-refractivity contribution in [3.05, 3.63) is 0 Å². The van der Waals surface area contributed by atoms with Crippen LogP contribution >= 0.6 is 0 Å². The summed E-state index contributed by atoms with van der Waals surface area (Å²) in [4.78, 5) is 4.33. The first kappa shape index (κ1) is 9.56. The Kier molecular flexibility index (Phi) is 3.57. The summed E-state index contributed by atoms with van der Waals surface area (Å²) in [6.45, 7) is 6.67. The van der Waals surface area contributed by atoms with E-state index in [-0.39, 0.29) is 0 Å². The number of hydrogen-bond acceptors (Lipinski definition) is 2. The molecule has 0 aromatic heterocycles. The van der Waals surface area contributed by atoms with E-state index in [0.29, 0.717) is 5.41 Å². The number of aliphatic imine (C=N–C) groups is 1. The van der Waals surface area contributed by atoms with Gasteiger partial charge in [0.15, 0.2) is 0 Å². The van der Waals surface area contributed by atoms with E-state index in [1.807, 2.05) is 6.34 Å². The molecule has 0 aromatic carbocycles. The standard InChI is InChI=1S/C10H20N2/c1-3-5-10(6-4-2)7-11-9-12-8-10/h9H,3-8H2,1-2H3,(H,11,12). The number of rotatable bonds is 4. The third-order valence-corrected chi connectivity index (χ3v) is 2.65. The van der Waals surface area contributed by atoms with Crippen molar-refractivity contribution in [2.45, 2.75) is 39.5 Å². The van der Waals surface area contributed by atoms with Gasteiger partial charge in [0.05, 0.1) is 6.34 Å². The van der Waals surface area contributed by atoms with Crippen molar-refractivity contribution < 1.29 is 0 Å². The van der Waals surface area contributed by atoms with E-state index in [1.54, 1.807) is 0 Å². The van der Waals surface area contributed by atoms with Crippen LogP contribution in [-0.4, -0.2) is 19.4 Å². The summed E-state index contributed by atoms with van der Waals surface area (Å²) in [5.74, 6) is 0. The Morgan fingerprint density at radius 3 is 2.42 bits per heavy atom. The fourth-order valence-corrected chi connectivity index (χ4v) is 2.14. The first-order valence-electron chi connectivity index (χ1n) is 5.05. The Morgan fingerprint density at radius 2 is 2.00 bits per heavy atom. The first-order chi connectivity index (χ1) is 5.83. The molecule has 12 heavy (non-hydrogen) atoms. The van der Waals surface area contributed by atoms with Crippen LogP contribution in [0.15, 0.2) is 4.99 Å². The fraction of sp³-hybridized carbons (Fsp3) is 0.900. The van der Waals surface area contributed by atoms with Crippen molar-refractivity contribution in [1.82, 2.24) is 5.32 Å². The van der Waals surface area contributed by atoms with Crippen molar-refractivity contribution in [1.29, 1.82) is 0 Å². The zero-order chi connectivity index (χ0) is 8.86. The third-order valence-electron chi connectivity index (χ3n) is 2.65. The van der Waals surface area contributed by atoms with E-state index in [1.165, 1.54) is 25.7 Å². The Labute approximate surface area is 75.5 Å². The Balaban J connectivity index is 2.51. The van der Waals surface area contributed by atoms with Gasteiger partial charge in [-0.25, -0.2) is 0 Å². The SMILES string of the molecule is CCCC1(CCC)CN=CNC1. The quantitative estimate of drug-likeness (QED) is 0.683. The lowest BCUT2D eigenvalue weighted by Crippen LogP contribution is -2.40. The molecular formula is C10H20N2. The van der Waals surface area contributed by atoms with Crippen LogP contribution in [0.25, 0.3) is 0 Å². The van der Waals surface area contributed by atoms with Crippen molar-refractivity contribution >= 4 is 6.34 Å². The summed E-state index contributed by atoms with van der Waals surface area (Å²) in [6.07, 6.45) is 7.02. The normalized spacial score (nSPS) is 20.5. The average molecular weight is 168 g/mol. The number of nitrogens with zero attached hydrogens (tertiary/aromatic N) is 1. The minimum atomic E-state index is 0.470. The summed E-state index contributed by atoms with van der Waals surface area (Å²) in [6, 6.07) is 0. The average Bonchev–Trinajstić information content (AvgIpc) is 2.07. The zero-order valence-electron chi connectivity index (χ0n) is 8.27. The molecule has 1 heterocycles. The molecule has 0 amide bonds. The van der Waals surface area contributed by atoms with Gasteiger partial charge in [0.2, 0.25) is 0 Å². The first-order valence-corrected chi connectivity index (χ1v) is 5.05. The molecule has 0 spiro atoms. The van der Waals surface area contributed by atoms with Gasteiger partial charge in [0.25, 0.3) is 0 Å². The van der Waals surface area contributed by atoms with E-state index < -0.39 is 0 Å². The summed E-state index contributed by atoms with van der Waals surface area (Å²) < 4.78 is 0. The van der Waals surface area contributed by atoms with Crippen molar-refractivity contribution in [2.75, 3.05) is 13.1 Å². The third kappa shape index (κ3) is 2.23. The van der Waals surface area contributed by atoms with E-state index in [4.69, 9.17) is 0 Å². The van der Waals surface area contributed by atoms with Crippen molar-refractivity contribution in [3.8, 4) is 0 Å². The number of nitrogens with one attached hydrogen (secondary N) is 1. The molecule has 1 aliphatic rings. The molecule has 0 fully saturated rings. The zero-order valence-corrected chi connectivity index (χ0v) is 8.27. The maximum absolute atomic E-state index is 4.33. The fourth-order valence-electron chi connectivity index (χ4n) is 2.14. The van der Waals surface area contributed by atoms with Crippen LogP contribution in [0.2, 0.25) is 0 Å². The van der Waals surface area contributed by atoms with Gasteiger partial charge in [0.1, 0.15) is 0 Å². The highest BCUT2D eigenvalue weighted by molar-refractivity contribution is 5.55. The van der Waals surface area contributed by atoms with Gasteiger partial charge in [-0.3, -0.25) is 4.99 Å². The molecule has 0 saturated carbocycles. The van der Waals surface area contributed by atoms with Crippen LogP contribution in [-0.2, 0) is 0 Å². The molecule has 0 aliphatic carbocycles. The second kappa shape index (κ2) is 4.48. The molecule has 2 heteroatoms. The molecule has 0 atom stereocenters. The Morgan fingerprint density at radius 1 is 1.33 bits per heavy atom. The summed E-state index contributed by atoms with van der Waals surface area (Å²) in [5, 5.41) is 3.25. The lowest BCUT2D eigenvalue weighted by molar-refractivity contribution is 0.239. The second-order valence-corrected chi connectivity index (χ2v) is 3.85. The van der Waals surface area contributed by atoms with Gasteiger partial charge in [-0.15, -0.1) is 0 Å².